The second kappa shape index (κ2) is 5.30. The number of hydrogen-bond donors (Lipinski definition) is 0. The van der Waals surface area contributed by atoms with E-state index in [2.05, 4.69) is 51.3 Å². The Morgan fingerprint density at radius 2 is 1.75 bits per heavy atom. The van der Waals surface area contributed by atoms with Crippen LogP contribution in [0.4, 0.5) is 0 Å². The summed E-state index contributed by atoms with van der Waals surface area (Å²) in [6.07, 6.45) is 2.39. The van der Waals surface area contributed by atoms with Gasteiger partial charge < -0.3 is 9.64 Å². The van der Waals surface area contributed by atoms with Gasteiger partial charge in [0.05, 0.1) is 12.1 Å². The zero-order valence-electron chi connectivity index (χ0n) is 13.9. The summed E-state index contributed by atoms with van der Waals surface area (Å²) in [4.78, 5) is 16.9. The van der Waals surface area contributed by atoms with Crippen molar-refractivity contribution in [3.05, 3.63) is 0 Å². The lowest BCUT2D eigenvalue weighted by molar-refractivity contribution is -0.167. The number of hydrogen-bond acceptors (Lipinski definition) is 3. The van der Waals surface area contributed by atoms with Crippen molar-refractivity contribution >= 4 is 5.91 Å². The van der Waals surface area contributed by atoms with Crippen molar-refractivity contribution in [2.45, 2.75) is 77.6 Å². The fourth-order valence-corrected chi connectivity index (χ4v) is 3.47. The molecule has 2 atom stereocenters. The number of ether oxygens (including phenoxy) is 1. The second-order valence-corrected chi connectivity index (χ2v) is 8.11. The fourth-order valence-electron chi connectivity index (χ4n) is 3.47. The fraction of sp³-hybridized carbons (Fsp3) is 0.938. The average Bonchev–Trinajstić information content (AvgIpc) is 2.48. The van der Waals surface area contributed by atoms with E-state index in [-0.39, 0.29) is 35.7 Å². The third-order valence-electron chi connectivity index (χ3n) is 4.45. The standard InChI is InChI=1S/C16H30N2O2/c1-15(2,3)17-9-7-8-13-12(10-17)18(16(4,5)6)14(19)11-20-13/h12-13H,7-11H2,1-6H3. The van der Waals surface area contributed by atoms with Crippen LogP contribution in [0.25, 0.3) is 0 Å². The Kier molecular flexibility index (Phi) is 4.18. The van der Waals surface area contributed by atoms with Crippen LogP contribution < -0.4 is 0 Å². The zero-order valence-corrected chi connectivity index (χ0v) is 13.9. The van der Waals surface area contributed by atoms with Gasteiger partial charge in [0.15, 0.2) is 0 Å². The van der Waals surface area contributed by atoms with Crippen molar-refractivity contribution in [3.8, 4) is 0 Å². The van der Waals surface area contributed by atoms with Crippen molar-refractivity contribution in [1.29, 1.82) is 0 Å². The molecular weight excluding hydrogens is 252 g/mol. The van der Waals surface area contributed by atoms with E-state index < -0.39 is 0 Å². The van der Waals surface area contributed by atoms with Crippen molar-refractivity contribution in [3.63, 3.8) is 0 Å². The van der Waals surface area contributed by atoms with E-state index in [0.29, 0.717) is 0 Å². The first kappa shape index (κ1) is 15.8. The maximum absolute atomic E-state index is 12.3. The molecule has 2 rings (SSSR count). The lowest BCUT2D eigenvalue weighted by Gasteiger charge is -2.49. The van der Waals surface area contributed by atoms with Gasteiger partial charge >= 0.3 is 0 Å². The van der Waals surface area contributed by atoms with Crippen LogP contribution in [-0.2, 0) is 9.53 Å². The molecule has 0 aromatic carbocycles. The lowest BCUT2D eigenvalue weighted by Crippen LogP contribution is -2.64. The number of morpholine rings is 1. The molecule has 2 heterocycles. The number of nitrogens with zero attached hydrogens (tertiary/aromatic N) is 2. The summed E-state index contributed by atoms with van der Waals surface area (Å²) in [6.45, 7) is 15.4. The first-order valence-corrected chi connectivity index (χ1v) is 7.79. The summed E-state index contributed by atoms with van der Waals surface area (Å²) < 4.78 is 5.84. The molecule has 0 aliphatic carbocycles. The van der Waals surface area contributed by atoms with E-state index in [1.54, 1.807) is 0 Å². The molecular formula is C16H30N2O2. The Bertz CT molecular complexity index is 368. The van der Waals surface area contributed by atoms with Crippen LogP contribution in [-0.4, -0.2) is 58.6 Å². The predicted octanol–water partition coefficient (Wildman–Crippen LogP) is 2.28. The number of fused-ring (bicyclic) bond motifs is 1. The minimum absolute atomic E-state index is 0.134. The molecule has 2 aliphatic heterocycles. The van der Waals surface area contributed by atoms with Crippen LogP contribution in [0.15, 0.2) is 0 Å². The summed E-state index contributed by atoms with van der Waals surface area (Å²) in [5.41, 5.74) is -0.00336. The Hall–Kier alpha value is -0.610. The Morgan fingerprint density at radius 3 is 2.30 bits per heavy atom. The quantitative estimate of drug-likeness (QED) is 0.683. The highest BCUT2D eigenvalue weighted by Crippen LogP contribution is 2.31. The first-order chi connectivity index (χ1) is 9.10. The van der Waals surface area contributed by atoms with E-state index in [9.17, 15) is 4.79 Å². The molecule has 0 radical (unpaired) electrons. The Morgan fingerprint density at radius 1 is 1.10 bits per heavy atom. The molecule has 2 fully saturated rings. The summed E-state index contributed by atoms with van der Waals surface area (Å²) >= 11 is 0. The number of amides is 1. The molecule has 4 heteroatoms. The van der Waals surface area contributed by atoms with Crippen LogP contribution in [0.3, 0.4) is 0 Å². The molecule has 2 aliphatic rings. The third-order valence-corrected chi connectivity index (χ3v) is 4.45. The van der Waals surface area contributed by atoms with Crippen LogP contribution in [0.1, 0.15) is 54.4 Å². The molecule has 0 bridgehead atoms. The smallest absolute Gasteiger partial charge is 0.249 e. The maximum Gasteiger partial charge on any atom is 0.249 e. The highest BCUT2D eigenvalue weighted by Gasteiger charge is 2.44. The molecule has 20 heavy (non-hydrogen) atoms. The van der Waals surface area contributed by atoms with Gasteiger partial charge in [0, 0.05) is 17.6 Å². The molecule has 0 spiro atoms. The van der Waals surface area contributed by atoms with E-state index in [4.69, 9.17) is 4.74 Å². The number of rotatable bonds is 0. The average molecular weight is 282 g/mol. The lowest BCUT2D eigenvalue weighted by atomic mass is 9.95. The number of likely N-dealkylation sites (tertiary alicyclic amines) is 1. The second-order valence-electron chi connectivity index (χ2n) is 8.11. The van der Waals surface area contributed by atoms with Crippen LogP contribution >= 0.6 is 0 Å². The highest BCUT2D eigenvalue weighted by atomic mass is 16.5. The molecule has 0 saturated carbocycles. The van der Waals surface area contributed by atoms with Gasteiger partial charge in [0.1, 0.15) is 6.61 Å². The normalized spacial score (nSPS) is 30.1. The van der Waals surface area contributed by atoms with Crippen LogP contribution in [0.5, 0.6) is 0 Å². The van der Waals surface area contributed by atoms with Crippen LogP contribution in [0.2, 0.25) is 0 Å². The van der Waals surface area contributed by atoms with Gasteiger partial charge in [-0.15, -0.1) is 0 Å². The van der Waals surface area contributed by atoms with Crippen molar-refractivity contribution < 1.29 is 9.53 Å². The largest absolute Gasteiger partial charge is 0.366 e. The maximum atomic E-state index is 12.3. The summed E-state index contributed by atoms with van der Waals surface area (Å²) in [6, 6.07) is 0.179. The van der Waals surface area contributed by atoms with E-state index in [1.165, 1.54) is 0 Å². The highest BCUT2D eigenvalue weighted by molar-refractivity contribution is 5.79. The van der Waals surface area contributed by atoms with Gasteiger partial charge in [-0.3, -0.25) is 9.69 Å². The minimum atomic E-state index is -0.141. The molecule has 0 N–H and O–H groups in total. The van der Waals surface area contributed by atoms with Gasteiger partial charge in [-0.1, -0.05) is 0 Å². The molecule has 2 saturated heterocycles. The molecule has 0 aromatic rings. The van der Waals surface area contributed by atoms with Crippen molar-refractivity contribution in [2.24, 2.45) is 0 Å². The SMILES string of the molecule is CC(C)(C)N1CCCC2OCC(=O)N(C(C)(C)C)C2C1. The minimum Gasteiger partial charge on any atom is -0.366 e. The summed E-state index contributed by atoms with van der Waals surface area (Å²) in [7, 11) is 0. The van der Waals surface area contributed by atoms with Crippen molar-refractivity contribution in [2.75, 3.05) is 19.7 Å². The third kappa shape index (κ3) is 3.17. The van der Waals surface area contributed by atoms with Gasteiger partial charge in [0.2, 0.25) is 5.91 Å². The van der Waals surface area contributed by atoms with Gasteiger partial charge in [-0.25, -0.2) is 0 Å². The van der Waals surface area contributed by atoms with E-state index in [1.807, 2.05) is 0 Å². The van der Waals surface area contributed by atoms with E-state index in [0.717, 1.165) is 25.9 Å². The molecule has 1 amide bonds. The molecule has 2 unspecified atom stereocenters. The molecule has 0 aromatic heterocycles. The monoisotopic (exact) mass is 282 g/mol. The van der Waals surface area contributed by atoms with Crippen molar-refractivity contribution in [1.82, 2.24) is 9.80 Å². The zero-order chi connectivity index (χ0) is 15.1. The first-order valence-electron chi connectivity index (χ1n) is 7.79. The molecule has 4 nitrogen and oxygen atoms in total. The van der Waals surface area contributed by atoms with Gasteiger partial charge in [-0.05, 0) is 60.9 Å². The Labute approximate surface area is 123 Å². The molecule has 116 valence electrons. The van der Waals surface area contributed by atoms with Gasteiger partial charge in [-0.2, -0.15) is 0 Å². The number of carbonyl (C=O) groups is 1. The van der Waals surface area contributed by atoms with Gasteiger partial charge in [0.25, 0.3) is 0 Å². The van der Waals surface area contributed by atoms with E-state index >= 15 is 0 Å². The predicted molar refractivity (Wildman–Crippen MR) is 80.7 cm³/mol. The summed E-state index contributed by atoms with van der Waals surface area (Å²) in [5.74, 6) is 0.134. The Balaban J connectivity index is 2.27. The number of carbonyl (C=O) groups excluding carboxylic acids is 1. The van der Waals surface area contributed by atoms with Crippen LogP contribution in [0, 0.1) is 0 Å². The topological polar surface area (TPSA) is 32.8 Å². The summed E-state index contributed by atoms with van der Waals surface area (Å²) in [5, 5.41) is 0.